The van der Waals surface area contributed by atoms with Crippen LogP contribution in [0.4, 0.5) is 0 Å². The van der Waals surface area contributed by atoms with Gasteiger partial charge in [0.2, 0.25) is 5.12 Å². The molecule has 2 nitrogen and oxygen atoms in total. The molecule has 0 bridgehead atoms. The third-order valence-corrected chi connectivity index (χ3v) is 2.88. The Hall–Kier alpha value is 0.130. The zero-order chi connectivity index (χ0) is 8.55. The Labute approximate surface area is 107 Å². The van der Waals surface area contributed by atoms with Gasteiger partial charge in [0.15, 0.2) is 5.01 Å². The van der Waals surface area contributed by atoms with Crippen molar-refractivity contribution in [3.05, 3.63) is 29.3 Å². The zero-order valence-electron chi connectivity index (χ0n) is 7.02. The summed E-state index contributed by atoms with van der Waals surface area (Å²) in [4.78, 5) is 14.9. The van der Waals surface area contributed by atoms with Crippen LogP contribution >= 0.6 is 24.0 Å². The van der Waals surface area contributed by atoms with Crippen LogP contribution in [0, 0.1) is 0 Å². The van der Waals surface area contributed by atoms with Crippen molar-refractivity contribution in [1.82, 2.24) is 4.98 Å². The molecule has 5 heteroatoms. The average Bonchev–Trinajstić information content (AvgIpc) is 2.46. The number of rotatable bonds is 1. The van der Waals surface area contributed by atoms with Crippen molar-refractivity contribution in [3.63, 3.8) is 0 Å². The molecule has 0 N–H and O–H groups in total. The Balaban J connectivity index is 0.000000845. The summed E-state index contributed by atoms with van der Waals surface area (Å²) in [5, 5.41) is 0.190. The van der Waals surface area contributed by atoms with Crippen LogP contribution in [0.3, 0.4) is 0 Å². The normalized spacial score (nSPS) is 9.62. The van der Waals surface area contributed by atoms with Gasteiger partial charge in [-0.3, -0.25) is 4.79 Å². The third-order valence-electron chi connectivity index (χ3n) is 1.48. The van der Waals surface area contributed by atoms with Crippen LogP contribution in [0.15, 0.2) is 24.3 Å². The fourth-order valence-electron chi connectivity index (χ4n) is 0.964. The van der Waals surface area contributed by atoms with Crippen molar-refractivity contribution in [2.75, 3.05) is 0 Å². The van der Waals surface area contributed by atoms with Crippen molar-refractivity contribution in [2.45, 2.75) is 0 Å². The molecule has 1 heterocycles. The van der Waals surface area contributed by atoms with Crippen molar-refractivity contribution in [3.8, 4) is 0 Å². The summed E-state index contributed by atoms with van der Waals surface area (Å²) in [5.74, 6) is 0. The molecule has 2 aromatic rings. The van der Waals surface area contributed by atoms with Crippen LogP contribution < -0.4 is 29.6 Å². The molecule has 1 aromatic heterocycles. The molecule has 0 atom stereocenters. The summed E-state index contributed by atoms with van der Waals surface area (Å²) in [5.41, 5.74) is 0.861. The molecular formula is C8H5NNaOS2+. The van der Waals surface area contributed by atoms with E-state index in [0.717, 1.165) is 10.2 Å². The molecule has 0 aliphatic heterocycles. The van der Waals surface area contributed by atoms with Gasteiger partial charge in [-0.25, -0.2) is 4.98 Å². The number of carbonyl (C=O) groups is 1. The second-order valence-electron chi connectivity index (χ2n) is 2.29. The van der Waals surface area contributed by atoms with Crippen molar-refractivity contribution >= 4 is 39.3 Å². The summed E-state index contributed by atoms with van der Waals surface area (Å²) in [6.45, 7) is 0. The molecule has 60 valence electrons. The standard InChI is InChI=1S/C8H5NOS2.Na/c10-8(11)7-9-5-3-1-2-4-6(5)12-7;/h1-4H,(H,10,11);/q;+1. The number of hydrogen-bond acceptors (Lipinski definition) is 3. The molecule has 0 aliphatic carbocycles. The van der Waals surface area contributed by atoms with E-state index in [2.05, 4.69) is 17.6 Å². The maximum Gasteiger partial charge on any atom is 1.00 e. The van der Waals surface area contributed by atoms with Gasteiger partial charge in [0.25, 0.3) is 0 Å². The van der Waals surface area contributed by atoms with Crippen molar-refractivity contribution < 1.29 is 34.4 Å². The largest absolute Gasteiger partial charge is 1.00 e. The van der Waals surface area contributed by atoms with E-state index in [0.29, 0.717) is 5.01 Å². The van der Waals surface area contributed by atoms with Crippen LogP contribution in [-0.4, -0.2) is 10.1 Å². The summed E-state index contributed by atoms with van der Waals surface area (Å²) >= 11 is 5.08. The molecule has 0 amide bonds. The molecule has 0 saturated heterocycles. The van der Waals surface area contributed by atoms with Crippen molar-refractivity contribution in [1.29, 1.82) is 0 Å². The number of fused-ring (bicyclic) bond motifs is 1. The van der Waals surface area contributed by atoms with Gasteiger partial charge >= 0.3 is 29.6 Å². The van der Waals surface area contributed by atoms with Gasteiger partial charge in [-0.1, -0.05) is 24.8 Å². The van der Waals surface area contributed by atoms with Crippen LogP contribution in [0.5, 0.6) is 0 Å². The van der Waals surface area contributed by atoms with E-state index in [1.807, 2.05) is 24.3 Å². The topological polar surface area (TPSA) is 30.0 Å². The first-order chi connectivity index (χ1) is 5.77. The summed E-state index contributed by atoms with van der Waals surface area (Å²) in [6, 6.07) is 7.64. The first kappa shape index (κ1) is 11.2. The number of aromatic nitrogens is 1. The van der Waals surface area contributed by atoms with Crippen LogP contribution in [0.2, 0.25) is 0 Å². The van der Waals surface area contributed by atoms with E-state index in [4.69, 9.17) is 0 Å². The first-order valence-electron chi connectivity index (χ1n) is 3.36. The molecule has 0 unspecified atom stereocenters. The minimum Gasteiger partial charge on any atom is -0.279 e. The summed E-state index contributed by atoms with van der Waals surface area (Å²) in [7, 11) is 0. The van der Waals surface area contributed by atoms with Gasteiger partial charge in [0, 0.05) is 0 Å². The predicted molar refractivity (Wildman–Crippen MR) is 52.9 cm³/mol. The Morgan fingerprint density at radius 2 is 2.08 bits per heavy atom. The third kappa shape index (κ3) is 2.33. The number of para-hydroxylation sites is 1. The molecular weight excluding hydrogens is 213 g/mol. The van der Waals surface area contributed by atoms with E-state index in [9.17, 15) is 4.79 Å². The quantitative estimate of drug-likeness (QED) is 0.510. The maximum atomic E-state index is 10.8. The summed E-state index contributed by atoms with van der Waals surface area (Å²) < 4.78 is 1.02. The van der Waals surface area contributed by atoms with E-state index in [-0.39, 0.29) is 34.7 Å². The molecule has 13 heavy (non-hydrogen) atoms. The number of nitrogens with zero attached hydrogens (tertiary/aromatic N) is 1. The molecule has 0 aliphatic rings. The number of hydrogen-bond donors (Lipinski definition) is 1. The molecule has 0 spiro atoms. The van der Waals surface area contributed by atoms with E-state index >= 15 is 0 Å². The van der Waals surface area contributed by atoms with Gasteiger partial charge < -0.3 is 0 Å². The Bertz CT molecular complexity index is 407. The first-order valence-corrected chi connectivity index (χ1v) is 4.62. The fourth-order valence-corrected chi connectivity index (χ4v) is 1.96. The fraction of sp³-hybridized carbons (Fsp3) is 0. The van der Waals surface area contributed by atoms with E-state index < -0.39 is 0 Å². The second kappa shape index (κ2) is 4.57. The number of carbonyl (C=O) groups excluding carboxylic acids is 1. The van der Waals surface area contributed by atoms with Crippen LogP contribution in [0.25, 0.3) is 10.2 Å². The minimum atomic E-state index is -0.267. The van der Waals surface area contributed by atoms with E-state index in [1.165, 1.54) is 11.3 Å². The SMILES string of the molecule is O=C(S)c1nc2ccccc2s1.[Na+]. The average molecular weight is 218 g/mol. The van der Waals surface area contributed by atoms with Crippen molar-refractivity contribution in [2.24, 2.45) is 0 Å². The molecule has 1 aromatic carbocycles. The van der Waals surface area contributed by atoms with Gasteiger partial charge in [-0.15, -0.1) is 11.3 Å². The molecule has 2 rings (SSSR count). The number of thiol groups is 1. The van der Waals surface area contributed by atoms with Gasteiger partial charge in [-0.05, 0) is 12.1 Å². The van der Waals surface area contributed by atoms with Gasteiger partial charge in [-0.2, -0.15) is 0 Å². The Morgan fingerprint density at radius 3 is 2.69 bits per heavy atom. The minimum absolute atomic E-state index is 0. The molecule has 0 fully saturated rings. The monoisotopic (exact) mass is 218 g/mol. The molecule has 0 radical (unpaired) electrons. The van der Waals surface area contributed by atoms with E-state index in [1.54, 1.807) is 0 Å². The zero-order valence-corrected chi connectivity index (χ0v) is 10.7. The molecule has 0 saturated carbocycles. The summed E-state index contributed by atoms with van der Waals surface area (Å²) in [6.07, 6.45) is 0. The van der Waals surface area contributed by atoms with Crippen LogP contribution in [-0.2, 0) is 0 Å². The smallest absolute Gasteiger partial charge is 0.279 e. The van der Waals surface area contributed by atoms with Crippen LogP contribution in [0.1, 0.15) is 9.80 Å². The number of thiazole rings is 1. The second-order valence-corrected chi connectivity index (χ2v) is 3.73. The maximum absolute atomic E-state index is 10.8. The Morgan fingerprint density at radius 1 is 1.38 bits per heavy atom. The van der Waals surface area contributed by atoms with Gasteiger partial charge in [0.1, 0.15) is 0 Å². The van der Waals surface area contributed by atoms with Gasteiger partial charge in [0.05, 0.1) is 10.2 Å². The Kier molecular flexibility index (Phi) is 3.94. The predicted octanol–water partition coefficient (Wildman–Crippen LogP) is -0.630. The number of benzene rings is 1.